The predicted molar refractivity (Wildman–Crippen MR) is 80.8 cm³/mol. The van der Waals surface area contributed by atoms with Crippen molar-refractivity contribution in [3.05, 3.63) is 57.0 Å². The number of imidazole rings is 1. The molecule has 0 unspecified atom stereocenters. The summed E-state index contributed by atoms with van der Waals surface area (Å²) in [5.74, 6) is -0.382. The summed E-state index contributed by atoms with van der Waals surface area (Å²) in [5, 5.41) is 8.99. The third-order valence-electron chi connectivity index (χ3n) is 2.96. The van der Waals surface area contributed by atoms with Crippen molar-refractivity contribution >= 4 is 39.2 Å². The Kier molecular flexibility index (Phi) is 3.16. The van der Waals surface area contributed by atoms with Gasteiger partial charge in [0.2, 0.25) is 0 Å². The number of halogens is 2. The van der Waals surface area contributed by atoms with Gasteiger partial charge in [-0.2, -0.15) is 5.26 Å². The molecule has 0 saturated heterocycles. The molecular weight excluding hydrogens is 341 g/mol. The van der Waals surface area contributed by atoms with Crippen molar-refractivity contribution in [2.24, 2.45) is 0 Å². The SMILES string of the molecule is N#Cc1ccc2[nH]c(=S)n(-c3cc(Br)ccc3F)c2c1. The van der Waals surface area contributed by atoms with E-state index in [2.05, 4.69) is 27.0 Å². The molecule has 1 heterocycles. The zero-order valence-electron chi connectivity index (χ0n) is 10.0. The maximum atomic E-state index is 14.1. The van der Waals surface area contributed by atoms with E-state index in [1.807, 2.05) is 0 Å². The van der Waals surface area contributed by atoms with E-state index in [0.29, 0.717) is 21.5 Å². The van der Waals surface area contributed by atoms with Crippen molar-refractivity contribution in [1.82, 2.24) is 9.55 Å². The molecule has 0 radical (unpaired) electrons. The van der Waals surface area contributed by atoms with Crippen LogP contribution in [0.5, 0.6) is 0 Å². The summed E-state index contributed by atoms with van der Waals surface area (Å²) in [6.45, 7) is 0. The smallest absolute Gasteiger partial charge is 0.182 e. The molecule has 0 amide bonds. The highest BCUT2D eigenvalue weighted by Gasteiger charge is 2.11. The number of hydrogen-bond donors (Lipinski definition) is 1. The van der Waals surface area contributed by atoms with Gasteiger partial charge in [-0.25, -0.2) is 4.39 Å². The molecule has 1 N–H and O–H groups in total. The zero-order valence-corrected chi connectivity index (χ0v) is 12.4. The molecule has 0 atom stereocenters. The fraction of sp³-hybridized carbons (Fsp3) is 0. The number of rotatable bonds is 1. The second-order valence-corrected chi connectivity index (χ2v) is 5.51. The Labute approximate surface area is 127 Å². The van der Waals surface area contributed by atoms with Crippen molar-refractivity contribution in [2.75, 3.05) is 0 Å². The first-order valence-corrected chi connectivity index (χ1v) is 6.90. The third-order valence-corrected chi connectivity index (χ3v) is 3.74. The lowest BCUT2D eigenvalue weighted by atomic mass is 10.2. The normalized spacial score (nSPS) is 10.7. The van der Waals surface area contributed by atoms with Gasteiger partial charge in [0.15, 0.2) is 4.77 Å². The standard InChI is InChI=1S/C14H7BrFN3S/c15-9-2-3-10(16)12(6-9)19-13-5-8(7-17)1-4-11(13)18-14(19)20/h1-6H,(H,18,20). The average Bonchev–Trinajstić information content (AvgIpc) is 2.76. The molecule has 0 aliphatic carbocycles. The number of H-pyrrole nitrogens is 1. The van der Waals surface area contributed by atoms with Crippen molar-refractivity contribution in [3.8, 4) is 11.8 Å². The van der Waals surface area contributed by atoms with E-state index in [0.717, 1.165) is 9.99 Å². The number of aromatic amines is 1. The molecule has 20 heavy (non-hydrogen) atoms. The summed E-state index contributed by atoms with van der Waals surface area (Å²) in [4.78, 5) is 3.01. The number of fused-ring (bicyclic) bond motifs is 1. The highest BCUT2D eigenvalue weighted by molar-refractivity contribution is 9.10. The fourth-order valence-corrected chi connectivity index (χ4v) is 2.72. The van der Waals surface area contributed by atoms with Gasteiger partial charge in [-0.3, -0.25) is 4.57 Å². The summed E-state index contributed by atoms with van der Waals surface area (Å²) >= 11 is 8.58. The number of hydrogen-bond acceptors (Lipinski definition) is 2. The van der Waals surface area contributed by atoms with Crippen LogP contribution < -0.4 is 0 Å². The van der Waals surface area contributed by atoms with E-state index in [1.165, 1.54) is 6.07 Å². The van der Waals surface area contributed by atoms with Crippen LogP contribution in [0.1, 0.15) is 5.56 Å². The van der Waals surface area contributed by atoms with Gasteiger partial charge < -0.3 is 4.98 Å². The minimum absolute atomic E-state index is 0.339. The second kappa shape index (κ2) is 4.85. The Morgan fingerprint density at radius 2 is 2.05 bits per heavy atom. The maximum absolute atomic E-state index is 14.1. The first-order valence-electron chi connectivity index (χ1n) is 5.70. The predicted octanol–water partition coefficient (Wildman–Crippen LogP) is 4.46. The fourth-order valence-electron chi connectivity index (χ4n) is 2.07. The largest absolute Gasteiger partial charge is 0.330 e. The molecule has 1 aromatic heterocycles. The van der Waals surface area contributed by atoms with Gasteiger partial charge in [0.05, 0.1) is 28.4 Å². The second-order valence-electron chi connectivity index (χ2n) is 4.21. The monoisotopic (exact) mass is 347 g/mol. The molecule has 3 nitrogen and oxygen atoms in total. The first-order chi connectivity index (χ1) is 9.60. The van der Waals surface area contributed by atoms with E-state index >= 15 is 0 Å². The van der Waals surface area contributed by atoms with Crippen molar-refractivity contribution < 1.29 is 4.39 Å². The number of benzene rings is 2. The summed E-state index contributed by atoms with van der Waals surface area (Å²) in [5.41, 5.74) is 2.26. The molecule has 0 spiro atoms. The Hall–Kier alpha value is -1.97. The Balaban J connectivity index is 2.41. The topological polar surface area (TPSA) is 44.5 Å². The molecular formula is C14H7BrFN3S. The van der Waals surface area contributed by atoms with E-state index < -0.39 is 0 Å². The van der Waals surface area contributed by atoms with Gasteiger partial charge in [-0.05, 0) is 48.6 Å². The zero-order chi connectivity index (χ0) is 14.3. The van der Waals surface area contributed by atoms with Crippen LogP contribution in [0.2, 0.25) is 0 Å². The molecule has 2 aromatic carbocycles. The first kappa shape index (κ1) is 13.0. The van der Waals surface area contributed by atoms with Crippen LogP contribution >= 0.6 is 28.1 Å². The highest BCUT2D eigenvalue weighted by Crippen LogP contribution is 2.25. The number of nitriles is 1. The minimum Gasteiger partial charge on any atom is -0.330 e. The third kappa shape index (κ3) is 2.05. The summed E-state index contributed by atoms with van der Waals surface area (Å²) < 4.78 is 16.8. The van der Waals surface area contributed by atoms with E-state index in [9.17, 15) is 4.39 Å². The molecule has 0 aliphatic heterocycles. The van der Waals surface area contributed by atoms with Crippen molar-refractivity contribution in [1.29, 1.82) is 5.26 Å². The number of aromatic nitrogens is 2. The maximum Gasteiger partial charge on any atom is 0.182 e. The van der Waals surface area contributed by atoms with Gasteiger partial charge >= 0.3 is 0 Å². The quantitative estimate of drug-likeness (QED) is 0.660. The van der Waals surface area contributed by atoms with Crippen molar-refractivity contribution in [3.63, 3.8) is 0 Å². The lowest BCUT2D eigenvalue weighted by Crippen LogP contribution is -1.98. The van der Waals surface area contributed by atoms with Gasteiger partial charge in [0.1, 0.15) is 5.82 Å². The molecule has 0 bridgehead atoms. The molecule has 98 valence electrons. The van der Waals surface area contributed by atoms with Crippen LogP contribution in [0.4, 0.5) is 4.39 Å². The molecule has 3 rings (SSSR count). The van der Waals surface area contributed by atoms with Crippen LogP contribution in [0.25, 0.3) is 16.7 Å². The van der Waals surface area contributed by atoms with Crippen molar-refractivity contribution in [2.45, 2.75) is 0 Å². The van der Waals surface area contributed by atoms with Gasteiger partial charge in [0, 0.05) is 4.47 Å². The van der Waals surface area contributed by atoms with Gasteiger partial charge in [-0.1, -0.05) is 15.9 Å². The molecule has 0 aliphatic rings. The summed E-state index contributed by atoms with van der Waals surface area (Å²) in [6, 6.07) is 11.8. The summed E-state index contributed by atoms with van der Waals surface area (Å²) in [7, 11) is 0. The minimum atomic E-state index is -0.382. The molecule has 0 fully saturated rings. The van der Waals surface area contributed by atoms with E-state index in [-0.39, 0.29) is 5.82 Å². The summed E-state index contributed by atoms with van der Waals surface area (Å²) in [6.07, 6.45) is 0. The van der Waals surface area contributed by atoms with Gasteiger partial charge in [0.25, 0.3) is 0 Å². The molecule has 0 saturated carbocycles. The molecule has 3 aromatic rings. The molecule has 6 heteroatoms. The number of nitrogens with one attached hydrogen (secondary N) is 1. The highest BCUT2D eigenvalue weighted by atomic mass is 79.9. The number of nitrogens with zero attached hydrogens (tertiary/aromatic N) is 2. The van der Waals surface area contributed by atoms with Crippen LogP contribution in [0.15, 0.2) is 40.9 Å². The Bertz CT molecular complexity index is 920. The van der Waals surface area contributed by atoms with Gasteiger partial charge in [-0.15, -0.1) is 0 Å². The van der Waals surface area contributed by atoms with Crippen LogP contribution in [0, 0.1) is 21.9 Å². The average molecular weight is 348 g/mol. The van der Waals surface area contributed by atoms with E-state index in [1.54, 1.807) is 34.9 Å². The van der Waals surface area contributed by atoms with Crippen LogP contribution in [-0.2, 0) is 0 Å². The lowest BCUT2D eigenvalue weighted by Gasteiger charge is -2.06. The van der Waals surface area contributed by atoms with Crippen LogP contribution in [0.3, 0.4) is 0 Å². The Morgan fingerprint density at radius 3 is 2.80 bits per heavy atom. The lowest BCUT2D eigenvalue weighted by molar-refractivity contribution is 0.618. The Morgan fingerprint density at radius 1 is 1.25 bits per heavy atom. The van der Waals surface area contributed by atoms with Crippen LogP contribution in [-0.4, -0.2) is 9.55 Å². The van der Waals surface area contributed by atoms with E-state index in [4.69, 9.17) is 17.5 Å².